The molecule has 0 fully saturated rings. The van der Waals surface area contributed by atoms with Gasteiger partial charge in [-0.05, 0) is 36.6 Å². The summed E-state index contributed by atoms with van der Waals surface area (Å²) in [5.74, 6) is -0.0554. The molecule has 0 radical (unpaired) electrons. The summed E-state index contributed by atoms with van der Waals surface area (Å²) in [7, 11) is 0. The van der Waals surface area contributed by atoms with E-state index in [2.05, 4.69) is 0 Å². The van der Waals surface area contributed by atoms with Crippen molar-refractivity contribution in [2.75, 3.05) is 6.61 Å². The molecule has 2 aromatic rings. The molecule has 0 saturated heterocycles. The first-order valence-electron chi connectivity index (χ1n) is 8.27. The van der Waals surface area contributed by atoms with E-state index in [1.165, 1.54) is 30.3 Å². The van der Waals surface area contributed by atoms with Crippen molar-refractivity contribution in [1.29, 1.82) is 5.26 Å². The Balaban J connectivity index is 2.18. The predicted octanol–water partition coefficient (Wildman–Crippen LogP) is 5.46. The number of carbonyl (C=O) groups is 1. The van der Waals surface area contributed by atoms with E-state index >= 15 is 0 Å². The summed E-state index contributed by atoms with van der Waals surface area (Å²) < 4.78 is 48.9. The van der Waals surface area contributed by atoms with E-state index in [0.29, 0.717) is 12.3 Å². The fourth-order valence-corrected chi connectivity index (χ4v) is 2.18. The van der Waals surface area contributed by atoms with Gasteiger partial charge in [0, 0.05) is 11.6 Å². The van der Waals surface area contributed by atoms with Crippen molar-refractivity contribution >= 4 is 12.0 Å². The highest BCUT2D eigenvalue weighted by Crippen LogP contribution is 2.32. The maximum Gasteiger partial charge on any atom is 0.416 e. The van der Waals surface area contributed by atoms with Crippen LogP contribution in [-0.2, 0) is 15.7 Å². The molecule has 0 spiro atoms. The molecule has 0 aliphatic carbocycles. The van der Waals surface area contributed by atoms with Gasteiger partial charge in [-0.1, -0.05) is 26.0 Å². The number of esters is 1. The standard InChI is InChI=1S/C20H18F3NO3/c1-13(2)8-9-26-19(25)15(12-24)11-17-6-7-18(27-17)14-4-3-5-16(10-14)20(21,22)23/h3-7,10-11,13H,8-9H2,1-2H3. The number of rotatable bonds is 6. The topological polar surface area (TPSA) is 63.2 Å². The summed E-state index contributed by atoms with van der Waals surface area (Å²) in [6, 6.07) is 9.38. The number of halogens is 3. The van der Waals surface area contributed by atoms with Gasteiger partial charge in [-0.2, -0.15) is 18.4 Å². The number of ether oxygens (including phenoxy) is 1. The highest BCUT2D eigenvalue weighted by molar-refractivity contribution is 5.97. The molecule has 0 unspecified atom stereocenters. The molecule has 0 N–H and O–H groups in total. The molecule has 4 nitrogen and oxygen atoms in total. The van der Waals surface area contributed by atoms with Gasteiger partial charge in [0.15, 0.2) is 0 Å². The lowest BCUT2D eigenvalue weighted by molar-refractivity contribution is -0.139. The Morgan fingerprint density at radius 3 is 2.67 bits per heavy atom. The molecule has 142 valence electrons. The second-order valence-corrected chi connectivity index (χ2v) is 6.27. The van der Waals surface area contributed by atoms with Gasteiger partial charge < -0.3 is 9.15 Å². The second kappa shape index (κ2) is 8.58. The average molecular weight is 377 g/mol. The van der Waals surface area contributed by atoms with Gasteiger partial charge in [-0.15, -0.1) is 0 Å². The minimum atomic E-state index is -4.46. The predicted molar refractivity (Wildman–Crippen MR) is 93.2 cm³/mol. The Kier molecular flexibility index (Phi) is 6.45. The summed E-state index contributed by atoms with van der Waals surface area (Å²) in [5.41, 5.74) is -0.800. The fourth-order valence-electron chi connectivity index (χ4n) is 2.18. The molecule has 1 aromatic carbocycles. The number of alkyl halides is 3. The molecular weight excluding hydrogens is 359 g/mol. The molecule has 0 saturated carbocycles. The molecule has 2 rings (SSSR count). The summed E-state index contributed by atoms with van der Waals surface area (Å²) in [6.07, 6.45) is -2.58. The van der Waals surface area contributed by atoms with Gasteiger partial charge in [0.05, 0.1) is 12.2 Å². The van der Waals surface area contributed by atoms with Crippen molar-refractivity contribution in [2.24, 2.45) is 5.92 Å². The largest absolute Gasteiger partial charge is 0.462 e. The van der Waals surface area contributed by atoms with Crippen molar-refractivity contribution in [1.82, 2.24) is 0 Å². The fraction of sp³-hybridized carbons (Fsp3) is 0.300. The summed E-state index contributed by atoms with van der Waals surface area (Å²) in [6.45, 7) is 4.16. The van der Waals surface area contributed by atoms with Crippen LogP contribution in [0.4, 0.5) is 13.2 Å². The van der Waals surface area contributed by atoms with Gasteiger partial charge >= 0.3 is 12.1 Å². The number of nitrogens with zero attached hydrogens (tertiary/aromatic N) is 1. The van der Waals surface area contributed by atoms with Crippen LogP contribution in [0.25, 0.3) is 17.4 Å². The lowest BCUT2D eigenvalue weighted by Gasteiger charge is -2.07. The quantitative estimate of drug-likeness (QED) is 0.381. The number of furan rings is 1. The van der Waals surface area contributed by atoms with Gasteiger partial charge in [0.1, 0.15) is 23.2 Å². The van der Waals surface area contributed by atoms with Gasteiger partial charge in [0.2, 0.25) is 0 Å². The molecule has 7 heteroatoms. The minimum Gasteiger partial charge on any atom is -0.462 e. The van der Waals surface area contributed by atoms with E-state index in [-0.39, 0.29) is 29.3 Å². The van der Waals surface area contributed by atoms with Crippen LogP contribution in [0, 0.1) is 17.2 Å². The molecule has 0 aliphatic rings. The zero-order valence-corrected chi connectivity index (χ0v) is 14.8. The van der Waals surface area contributed by atoms with Crippen molar-refractivity contribution in [3.8, 4) is 17.4 Å². The Morgan fingerprint density at radius 2 is 2.04 bits per heavy atom. The third-order valence-electron chi connectivity index (χ3n) is 3.66. The first-order valence-corrected chi connectivity index (χ1v) is 8.27. The van der Waals surface area contributed by atoms with E-state index in [9.17, 15) is 18.0 Å². The van der Waals surface area contributed by atoms with E-state index in [0.717, 1.165) is 12.1 Å². The average Bonchev–Trinajstić information content (AvgIpc) is 3.07. The highest BCUT2D eigenvalue weighted by atomic mass is 19.4. The van der Waals surface area contributed by atoms with Crippen molar-refractivity contribution in [2.45, 2.75) is 26.4 Å². The Morgan fingerprint density at radius 1 is 1.30 bits per heavy atom. The molecule has 0 aliphatic heterocycles. The molecule has 0 bridgehead atoms. The monoisotopic (exact) mass is 377 g/mol. The normalized spacial score (nSPS) is 12.1. The second-order valence-electron chi connectivity index (χ2n) is 6.27. The zero-order valence-electron chi connectivity index (χ0n) is 14.8. The van der Waals surface area contributed by atoms with E-state index in [4.69, 9.17) is 14.4 Å². The van der Waals surface area contributed by atoms with Crippen molar-refractivity contribution in [3.05, 3.63) is 53.3 Å². The van der Waals surface area contributed by atoms with Crippen molar-refractivity contribution in [3.63, 3.8) is 0 Å². The lowest BCUT2D eigenvalue weighted by atomic mass is 10.1. The van der Waals surface area contributed by atoms with Crippen LogP contribution in [0.15, 0.2) is 46.4 Å². The molecule has 0 atom stereocenters. The van der Waals surface area contributed by atoms with Gasteiger partial charge in [0.25, 0.3) is 0 Å². The van der Waals surface area contributed by atoms with Crippen LogP contribution in [0.2, 0.25) is 0 Å². The lowest BCUT2D eigenvalue weighted by Crippen LogP contribution is -2.09. The Hall–Kier alpha value is -3.01. The third-order valence-corrected chi connectivity index (χ3v) is 3.66. The van der Waals surface area contributed by atoms with Crippen LogP contribution in [-0.4, -0.2) is 12.6 Å². The molecule has 0 amide bonds. The van der Waals surface area contributed by atoms with E-state index in [1.807, 2.05) is 13.8 Å². The summed E-state index contributed by atoms with van der Waals surface area (Å²) >= 11 is 0. The van der Waals surface area contributed by atoms with Gasteiger partial charge in [-0.3, -0.25) is 0 Å². The van der Waals surface area contributed by atoms with Crippen LogP contribution in [0.1, 0.15) is 31.6 Å². The maximum absolute atomic E-state index is 12.8. The highest BCUT2D eigenvalue weighted by Gasteiger charge is 2.30. The van der Waals surface area contributed by atoms with Crippen LogP contribution in [0.3, 0.4) is 0 Å². The maximum atomic E-state index is 12.8. The van der Waals surface area contributed by atoms with E-state index in [1.54, 1.807) is 6.07 Å². The first kappa shape index (κ1) is 20.3. The van der Waals surface area contributed by atoms with Gasteiger partial charge in [-0.25, -0.2) is 4.79 Å². The van der Waals surface area contributed by atoms with Crippen LogP contribution < -0.4 is 0 Å². The summed E-state index contributed by atoms with van der Waals surface area (Å²) in [5, 5.41) is 9.13. The smallest absolute Gasteiger partial charge is 0.416 e. The Labute approximate surface area is 154 Å². The minimum absolute atomic E-state index is 0.166. The molecule has 27 heavy (non-hydrogen) atoms. The number of nitriles is 1. The van der Waals surface area contributed by atoms with E-state index < -0.39 is 17.7 Å². The first-order chi connectivity index (χ1) is 12.7. The SMILES string of the molecule is CC(C)CCOC(=O)C(C#N)=Cc1ccc(-c2cccc(C(F)(F)F)c2)o1. The van der Waals surface area contributed by atoms with Crippen molar-refractivity contribution < 1.29 is 27.1 Å². The number of hydrogen-bond donors (Lipinski definition) is 0. The summed E-state index contributed by atoms with van der Waals surface area (Å²) in [4.78, 5) is 11.9. The molecule has 1 heterocycles. The molecular formula is C20H18F3NO3. The van der Waals surface area contributed by atoms with Crippen LogP contribution in [0.5, 0.6) is 0 Å². The number of benzene rings is 1. The number of carbonyl (C=O) groups excluding carboxylic acids is 1. The molecule has 1 aromatic heterocycles. The third kappa shape index (κ3) is 5.74. The zero-order chi connectivity index (χ0) is 20.0. The van der Waals surface area contributed by atoms with Crippen LogP contribution >= 0.6 is 0 Å². The number of hydrogen-bond acceptors (Lipinski definition) is 4. The Bertz CT molecular complexity index is 873.